The number of amides is 2. The summed E-state index contributed by atoms with van der Waals surface area (Å²) in [7, 11) is 0. The molecule has 0 radical (unpaired) electrons. The van der Waals surface area contributed by atoms with Gasteiger partial charge in [-0.3, -0.25) is 4.79 Å². The second-order valence-electron chi connectivity index (χ2n) is 5.45. The van der Waals surface area contributed by atoms with Crippen molar-refractivity contribution in [3.05, 3.63) is 71.8 Å². The molecule has 2 aromatic rings. The summed E-state index contributed by atoms with van der Waals surface area (Å²) in [5.74, 6) is 0.189. The van der Waals surface area contributed by atoms with Crippen LogP contribution < -0.4 is 10.6 Å². The van der Waals surface area contributed by atoms with Crippen LogP contribution in [-0.4, -0.2) is 24.4 Å². The summed E-state index contributed by atoms with van der Waals surface area (Å²) in [6.45, 7) is 0.606. The molecule has 0 spiro atoms. The molecule has 0 atom stereocenters. The van der Waals surface area contributed by atoms with Crippen molar-refractivity contribution in [2.45, 2.75) is 13.0 Å². The summed E-state index contributed by atoms with van der Waals surface area (Å²) in [6, 6.07) is 16.9. The van der Waals surface area contributed by atoms with Crippen LogP contribution >= 0.6 is 11.6 Å². The van der Waals surface area contributed by atoms with Gasteiger partial charge in [0.25, 0.3) is 0 Å². The lowest BCUT2D eigenvalue weighted by Crippen LogP contribution is -2.24. The fourth-order valence-electron chi connectivity index (χ4n) is 2.10. The number of rotatable bonds is 8. The average molecular weight is 373 g/mol. The Hall–Kier alpha value is -2.79. The van der Waals surface area contributed by atoms with Gasteiger partial charge in [-0.25, -0.2) is 4.79 Å². The molecule has 0 heterocycles. The molecule has 6 heteroatoms. The number of carbonyl (C=O) groups excluding carboxylic acids is 2. The van der Waals surface area contributed by atoms with E-state index < -0.39 is 6.09 Å². The van der Waals surface area contributed by atoms with Gasteiger partial charge in [0.15, 0.2) is 0 Å². The summed E-state index contributed by atoms with van der Waals surface area (Å²) < 4.78 is 5.12. The highest BCUT2D eigenvalue weighted by molar-refractivity contribution is 6.19. The molecule has 0 saturated carbocycles. The van der Waals surface area contributed by atoms with E-state index in [0.29, 0.717) is 12.4 Å². The zero-order valence-corrected chi connectivity index (χ0v) is 15.0. The summed E-state index contributed by atoms with van der Waals surface area (Å²) in [5.41, 5.74) is 2.62. The van der Waals surface area contributed by atoms with E-state index in [1.807, 2.05) is 66.7 Å². The molecular weight excluding hydrogens is 352 g/mol. The second-order valence-corrected chi connectivity index (χ2v) is 5.83. The van der Waals surface area contributed by atoms with Crippen LogP contribution in [0.5, 0.6) is 0 Å². The van der Waals surface area contributed by atoms with Crippen LogP contribution in [0.2, 0.25) is 0 Å². The van der Waals surface area contributed by atoms with Gasteiger partial charge in [0.2, 0.25) is 5.91 Å². The van der Waals surface area contributed by atoms with Gasteiger partial charge in [-0.15, -0.1) is 11.6 Å². The minimum atomic E-state index is -0.462. The second kappa shape index (κ2) is 10.9. The lowest BCUT2D eigenvalue weighted by molar-refractivity contribution is -0.115. The van der Waals surface area contributed by atoms with Gasteiger partial charge in [-0.05, 0) is 23.3 Å². The summed E-state index contributed by atoms with van der Waals surface area (Å²) in [6.07, 6.45) is 3.53. The van der Waals surface area contributed by atoms with Crippen molar-refractivity contribution in [3.63, 3.8) is 0 Å². The molecule has 0 saturated heterocycles. The standard InChI is InChI=1S/C20H21ClN2O3/c21-13-12-19(24)23-18-10-8-16(9-11-18)7-4-14-22-20(25)26-15-17-5-2-1-3-6-17/h1-11H,12-15H2,(H,22,25)(H,23,24). The van der Waals surface area contributed by atoms with E-state index in [-0.39, 0.29) is 18.9 Å². The first kappa shape index (κ1) is 19.5. The fourth-order valence-corrected chi connectivity index (χ4v) is 2.27. The van der Waals surface area contributed by atoms with Gasteiger partial charge in [0.05, 0.1) is 0 Å². The van der Waals surface area contributed by atoms with Gasteiger partial charge in [-0.2, -0.15) is 0 Å². The molecule has 26 heavy (non-hydrogen) atoms. The maximum atomic E-state index is 11.6. The number of ether oxygens (including phenoxy) is 1. The Labute approximate surface area is 158 Å². The highest BCUT2D eigenvalue weighted by Gasteiger charge is 2.01. The minimum absolute atomic E-state index is 0.110. The number of benzene rings is 2. The normalized spacial score (nSPS) is 10.5. The Morgan fingerprint density at radius 1 is 1.04 bits per heavy atom. The van der Waals surface area contributed by atoms with Gasteiger partial charge in [0.1, 0.15) is 6.61 Å². The number of hydrogen-bond acceptors (Lipinski definition) is 3. The van der Waals surface area contributed by atoms with Crippen molar-refractivity contribution in [1.82, 2.24) is 5.32 Å². The number of alkyl halides is 1. The highest BCUT2D eigenvalue weighted by Crippen LogP contribution is 2.11. The van der Waals surface area contributed by atoms with Gasteiger partial charge in [-0.1, -0.05) is 54.6 Å². The zero-order chi connectivity index (χ0) is 18.6. The van der Waals surface area contributed by atoms with Crippen LogP contribution in [0.3, 0.4) is 0 Å². The topological polar surface area (TPSA) is 67.4 Å². The first-order valence-electron chi connectivity index (χ1n) is 8.24. The van der Waals surface area contributed by atoms with Crippen LogP contribution in [0.1, 0.15) is 17.5 Å². The van der Waals surface area contributed by atoms with E-state index in [0.717, 1.165) is 16.8 Å². The maximum absolute atomic E-state index is 11.6. The molecule has 136 valence electrons. The largest absolute Gasteiger partial charge is 0.445 e. The number of nitrogens with one attached hydrogen (secondary N) is 2. The molecule has 0 aromatic heterocycles. The first-order chi connectivity index (χ1) is 12.7. The van der Waals surface area contributed by atoms with Crippen LogP contribution in [0.4, 0.5) is 10.5 Å². The predicted octanol–water partition coefficient (Wildman–Crippen LogP) is 4.19. The molecular formula is C20H21ClN2O3. The summed E-state index contributed by atoms with van der Waals surface area (Å²) >= 11 is 5.52. The zero-order valence-electron chi connectivity index (χ0n) is 14.3. The SMILES string of the molecule is O=C(CCCl)Nc1ccc(C=CCNC(=O)OCc2ccccc2)cc1. The van der Waals surface area contributed by atoms with E-state index in [9.17, 15) is 9.59 Å². The third-order valence-corrected chi connectivity index (χ3v) is 3.59. The molecule has 2 amide bonds. The molecule has 0 aliphatic carbocycles. The molecule has 0 aliphatic rings. The average Bonchev–Trinajstić information content (AvgIpc) is 2.66. The van der Waals surface area contributed by atoms with Crippen LogP contribution in [0.25, 0.3) is 6.08 Å². The van der Waals surface area contributed by atoms with E-state index >= 15 is 0 Å². The summed E-state index contributed by atoms with van der Waals surface area (Å²) in [4.78, 5) is 23.1. The van der Waals surface area contributed by atoms with Crippen molar-refractivity contribution < 1.29 is 14.3 Å². The Balaban J connectivity index is 1.69. The molecule has 2 rings (SSSR count). The van der Waals surface area contributed by atoms with Crippen LogP contribution in [0, 0.1) is 0 Å². The smallest absolute Gasteiger partial charge is 0.407 e. The molecule has 2 aromatic carbocycles. The van der Waals surface area contributed by atoms with E-state index in [2.05, 4.69) is 10.6 Å². The molecule has 5 nitrogen and oxygen atoms in total. The van der Waals surface area contributed by atoms with E-state index in [1.54, 1.807) is 0 Å². The Morgan fingerprint density at radius 3 is 2.46 bits per heavy atom. The predicted molar refractivity (Wildman–Crippen MR) is 104 cm³/mol. The monoisotopic (exact) mass is 372 g/mol. The number of carbonyl (C=O) groups is 2. The van der Waals surface area contributed by atoms with Gasteiger partial charge < -0.3 is 15.4 Å². The maximum Gasteiger partial charge on any atom is 0.407 e. The van der Waals surface area contributed by atoms with Gasteiger partial charge in [0, 0.05) is 24.5 Å². The van der Waals surface area contributed by atoms with E-state index in [4.69, 9.17) is 16.3 Å². The van der Waals surface area contributed by atoms with Crippen molar-refractivity contribution in [2.75, 3.05) is 17.7 Å². The Morgan fingerprint density at radius 2 is 1.77 bits per heavy atom. The Kier molecular flexibility index (Phi) is 8.23. The molecule has 0 aliphatic heterocycles. The van der Waals surface area contributed by atoms with Crippen LogP contribution in [-0.2, 0) is 16.1 Å². The minimum Gasteiger partial charge on any atom is -0.445 e. The van der Waals surface area contributed by atoms with Crippen molar-refractivity contribution >= 4 is 35.4 Å². The number of anilines is 1. The van der Waals surface area contributed by atoms with Gasteiger partial charge >= 0.3 is 6.09 Å². The van der Waals surface area contributed by atoms with Crippen molar-refractivity contribution in [1.29, 1.82) is 0 Å². The number of alkyl carbamates (subject to hydrolysis) is 1. The lowest BCUT2D eigenvalue weighted by atomic mass is 10.2. The third kappa shape index (κ3) is 7.40. The highest BCUT2D eigenvalue weighted by atomic mass is 35.5. The number of hydrogen-bond donors (Lipinski definition) is 2. The molecule has 2 N–H and O–H groups in total. The Bertz CT molecular complexity index is 730. The third-order valence-electron chi connectivity index (χ3n) is 3.40. The van der Waals surface area contributed by atoms with Crippen molar-refractivity contribution in [2.24, 2.45) is 0 Å². The molecule has 0 fully saturated rings. The fraction of sp³-hybridized carbons (Fsp3) is 0.200. The molecule has 0 unspecified atom stereocenters. The van der Waals surface area contributed by atoms with E-state index in [1.165, 1.54) is 0 Å². The lowest BCUT2D eigenvalue weighted by Gasteiger charge is -2.05. The van der Waals surface area contributed by atoms with Crippen LogP contribution in [0.15, 0.2) is 60.7 Å². The first-order valence-corrected chi connectivity index (χ1v) is 8.78. The number of halogens is 1. The quantitative estimate of drug-likeness (QED) is 0.682. The van der Waals surface area contributed by atoms with Crippen molar-refractivity contribution in [3.8, 4) is 0 Å². The summed E-state index contributed by atoms with van der Waals surface area (Å²) in [5, 5.41) is 5.42. The molecule has 0 bridgehead atoms.